The van der Waals surface area contributed by atoms with Crippen LogP contribution < -0.4 is 0 Å². The molecule has 142 valence electrons. The molecule has 0 bridgehead atoms. The van der Waals surface area contributed by atoms with Crippen molar-refractivity contribution in [2.75, 3.05) is 19.7 Å². The van der Waals surface area contributed by atoms with Crippen LogP contribution in [0.15, 0.2) is 0 Å². The van der Waals surface area contributed by atoms with E-state index in [-0.39, 0.29) is 36.1 Å². The molecule has 0 aromatic rings. The highest BCUT2D eigenvalue weighted by molar-refractivity contribution is 5.81. The minimum absolute atomic E-state index is 0.106. The third-order valence-corrected chi connectivity index (χ3v) is 6.07. The molecule has 2 aliphatic heterocycles. The molecule has 0 radical (unpaired) electrons. The molecule has 3 rings (SSSR count). The summed E-state index contributed by atoms with van der Waals surface area (Å²) in [5, 5.41) is 9.33. The molecule has 3 aliphatic rings. The third kappa shape index (κ3) is 4.34. The molecular formula is C19H31NO5. The van der Waals surface area contributed by atoms with Crippen molar-refractivity contribution < 1.29 is 24.2 Å². The summed E-state index contributed by atoms with van der Waals surface area (Å²) in [6.45, 7) is 3.91. The fraction of sp³-hybridized carbons (Fsp3) is 0.895. The van der Waals surface area contributed by atoms with Gasteiger partial charge in [0.05, 0.1) is 18.1 Å². The van der Waals surface area contributed by atoms with E-state index in [0.717, 1.165) is 25.7 Å². The lowest BCUT2D eigenvalue weighted by Crippen LogP contribution is -2.47. The zero-order valence-electron chi connectivity index (χ0n) is 15.2. The number of amides is 1. The number of piperidine rings is 1. The molecule has 1 saturated carbocycles. The maximum atomic E-state index is 12.8. The van der Waals surface area contributed by atoms with E-state index in [4.69, 9.17) is 9.47 Å². The topological polar surface area (TPSA) is 76.1 Å². The van der Waals surface area contributed by atoms with Crippen LogP contribution in [-0.2, 0) is 19.1 Å². The molecular weight excluding hydrogens is 322 g/mol. The number of aliphatic carboxylic acids is 1. The van der Waals surface area contributed by atoms with Crippen molar-refractivity contribution in [1.29, 1.82) is 0 Å². The van der Waals surface area contributed by atoms with Crippen LogP contribution in [0.5, 0.6) is 0 Å². The molecule has 2 heterocycles. The van der Waals surface area contributed by atoms with Crippen LogP contribution in [0.1, 0.15) is 58.3 Å². The Morgan fingerprint density at radius 2 is 1.84 bits per heavy atom. The maximum Gasteiger partial charge on any atom is 0.309 e. The zero-order valence-corrected chi connectivity index (χ0v) is 15.2. The fourth-order valence-electron chi connectivity index (χ4n) is 4.58. The van der Waals surface area contributed by atoms with Crippen molar-refractivity contribution in [3.63, 3.8) is 0 Å². The van der Waals surface area contributed by atoms with E-state index in [1.165, 1.54) is 12.8 Å². The molecule has 25 heavy (non-hydrogen) atoms. The van der Waals surface area contributed by atoms with E-state index in [1.54, 1.807) is 0 Å². The summed E-state index contributed by atoms with van der Waals surface area (Å²) in [5.74, 6) is -0.795. The average Bonchev–Trinajstić information content (AvgIpc) is 3.30. The van der Waals surface area contributed by atoms with Gasteiger partial charge in [-0.1, -0.05) is 19.8 Å². The number of carbonyl (C=O) groups is 2. The first-order valence-electron chi connectivity index (χ1n) is 9.88. The Morgan fingerprint density at radius 3 is 2.44 bits per heavy atom. The van der Waals surface area contributed by atoms with Gasteiger partial charge in [0.15, 0.2) is 0 Å². The minimum Gasteiger partial charge on any atom is -0.481 e. The molecule has 2 unspecified atom stereocenters. The standard InChI is InChI=1S/C19H31NO5/c1-2-16(25-14-5-3-4-6-14)18(21)20-10-7-13(8-11-20)17-15(19(22)23)9-12-24-17/h13-17H,2-12H2,1H3,(H,22,23)/t15?,16?,17-/m0/s1. The predicted octanol–water partition coefficient (Wildman–Crippen LogP) is 2.45. The second-order valence-corrected chi connectivity index (χ2v) is 7.67. The SMILES string of the molecule is CCC(OC1CCCC1)C(=O)N1CCC([C@@H]2OCCC2C(=O)O)CC1. The summed E-state index contributed by atoms with van der Waals surface area (Å²) in [6.07, 6.45) is 7.23. The van der Waals surface area contributed by atoms with Crippen LogP contribution in [0.3, 0.4) is 0 Å². The Hall–Kier alpha value is -1.14. The number of carboxylic acids is 1. The molecule has 1 aliphatic carbocycles. The van der Waals surface area contributed by atoms with E-state index in [2.05, 4.69) is 0 Å². The lowest BCUT2D eigenvalue weighted by molar-refractivity contribution is -0.151. The number of carboxylic acid groups (broad SMARTS) is 1. The number of ether oxygens (including phenoxy) is 2. The monoisotopic (exact) mass is 353 g/mol. The first-order chi connectivity index (χ1) is 12.1. The second kappa shape index (κ2) is 8.49. The number of rotatable bonds is 6. The molecule has 0 aromatic carbocycles. The molecule has 1 amide bonds. The Kier molecular flexibility index (Phi) is 6.34. The van der Waals surface area contributed by atoms with E-state index < -0.39 is 5.97 Å². The highest BCUT2D eigenvalue weighted by Crippen LogP contribution is 2.33. The van der Waals surface area contributed by atoms with Gasteiger partial charge in [-0.25, -0.2) is 0 Å². The zero-order chi connectivity index (χ0) is 17.8. The molecule has 0 spiro atoms. The van der Waals surface area contributed by atoms with Gasteiger partial charge in [-0.3, -0.25) is 9.59 Å². The number of nitrogens with zero attached hydrogens (tertiary/aromatic N) is 1. The van der Waals surface area contributed by atoms with Gasteiger partial charge in [0.2, 0.25) is 0 Å². The molecule has 6 nitrogen and oxygen atoms in total. The molecule has 6 heteroatoms. The number of likely N-dealkylation sites (tertiary alicyclic amines) is 1. The molecule has 2 saturated heterocycles. The lowest BCUT2D eigenvalue weighted by atomic mass is 9.84. The summed E-state index contributed by atoms with van der Waals surface area (Å²) in [5.41, 5.74) is 0. The van der Waals surface area contributed by atoms with E-state index in [1.807, 2.05) is 11.8 Å². The summed E-state index contributed by atoms with van der Waals surface area (Å²) in [4.78, 5) is 26.1. The quantitative estimate of drug-likeness (QED) is 0.794. The van der Waals surface area contributed by atoms with E-state index in [9.17, 15) is 14.7 Å². The van der Waals surface area contributed by atoms with Crippen molar-refractivity contribution >= 4 is 11.9 Å². The maximum absolute atomic E-state index is 12.8. The van der Waals surface area contributed by atoms with Crippen LogP contribution in [0.25, 0.3) is 0 Å². The Morgan fingerprint density at radius 1 is 1.16 bits per heavy atom. The highest BCUT2D eigenvalue weighted by Gasteiger charge is 2.41. The molecule has 0 aromatic heterocycles. The third-order valence-electron chi connectivity index (χ3n) is 6.07. The molecule has 3 atom stereocenters. The van der Waals surface area contributed by atoms with Crippen molar-refractivity contribution in [3.8, 4) is 0 Å². The van der Waals surface area contributed by atoms with Gasteiger partial charge in [0, 0.05) is 19.7 Å². The van der Waals surface area contributed by atoms with Gasteiger partial charge in [0.25, 0.3) is 5.91 Å². The average molecular weight is 353 g/mol. The van der Waals surface area contributed by atoms with Gasteiger partial charge in [-0.2, -0.15) is 0 Å². The van der Waals surface area contributed by atoms with Crippen molar-refractivity contribution in [1.82, 2.24) is 4.90 Å². The van der Waals surface area contributed by atoms with Gasteiger partial charge in [0.1, 0.15) is 6.10 Å². The largest absolute Gasteiger partial charge is 0.481 e. The summed E-state index contributed by atoms with van der Waals surface area (Å²) < 4.78 is 11.8. The van der Waals surface area contributed by atoms with Crippen LogP contribution >= 0.6 is 0 Å². The number of carbonyl (C=O) groups excluding carboxylic acids is 1. The lowest BCUT2D eigenvalue weighted by Gasteiger charge is -2.37. The van der Waals surface area contributed by atoms with Gasteiger partial charge >= 0.3 is 5.97 Å². The van der Waals surface area contributed by atoms with Crippen LogP contribution in [0, 0.1) is 11.8 Å². The fourth-order valence-corrected chi connectivity index (χ4v) is 4.58. The summed E-state index contributed by atoms with van der Waals surface area (Å²) >= 11 is 0. The van der Waals surface area contributed by atoms with Gasteiger partial charge in [-0.15, -0.1) is 0 Å². The minimum atomic E-state index is -0.753. The first-order valence-corrected chi connectivity index (χ1v) is 9.88. The van der Waals surface area contributed by atoms with E-state index >= 15 is 0 Å². The Labute approximate surface area is 149 Å². The molecule has 3 fully saturated rings. The van der Waals surface area contributed by atoms with Crippen LogP contribution in [-0.4, -0.2) is 59.9 Å². The van der Waals surface area contributed by atoms with Crippen molar-refractivity contribution in [3.05, 3.63) is 0 Å². The Balaban J connectivity index is 1.50. The van der Waals surface area contributed by atoms with Crippen LogP contribution in [0.2, 0.25) is 0 Å². The summed E-state index contributed by atoms with van der Waals surface area (Å²) in [7, 11) is 0. The second-order valence-electron chi connectivity index (χ2n) is 7.67. The smallest absolute Gasteiger partial charge is 0.309 e. The highest BCUT2D eigenvalue weighted by atomic mass is 16.5. The Bertz CT molecular complexity index is 468. The van der Waals surface area contributed by atoms with Gasteiger partial charge < -0.3 is 19.5 Å². The summed E-state index contributed by atoms with van der Waals surface area (Å²) in [6, 6.07) is 0. The van der Waals surface area contributed by atoms with Crippen molar-refractivity contribution in [2.45, 2.75) is 76.6 Å². The number of hydrogen-bond donors (Lipinski definition) is 1. The predicted molar refractivity (Wildman–Crippen MR) is 92.2 cm³/mol. The van der Waals surface area contributed by atoms with Crippen LogP contribution in [0.4, 0.5) is 0 Å². The number of hydrogen-bond acceptors (Lipinski definition) is 4. The first kappa shape index (κ1) is 18.6. The van der Waals surface area contributed by atoms with Gasteiger partial charge in [-0.05, 0) is 44.4 Å². The van der Waals surface area contributed by atoms with Crippen molar-refractivity contribution in [2.24, 2.45) is 11.8 Å². The normalized spacial score (nSPS) is 29.9. The van der Waals surface area contributed by atoms with E-state index in [0.29, 0.717) is 32.5 Å². The molecule has 1 N–H and O–H groups in total.